The molecule has 3 rings (SSSR count). The molecule has 3 unspecified atom stereocenters. The van der Waals surface area contributed by atoms with E-state index < -0.39 is 0 Å². The summed E-state index contributed by atoms with van der Waals surface area (Å²) < 4.78 is 6.28. The Kier molecular flexibility index (Phi) is 4.40. The van der Waals surface area contributed by atoms with Crippen molar-refractivity contribution in [1.29, 1.82) is 0 Å². The minimum Gasteiger partial charge on any atom is -0.375 e. The first-order valence-electron chi connectivity index (χ1n) is 8.83. The molecule has 0 aromatic rings. The van der Waals surface area contributed by atoms with Crippen molar-refractivity contribution in [3.05, 3.63) is 0 Å². The van der Waals surface area contributed by atoms with Gasteiger partial charge in [-0.25, -0.2) is 0 Å². The van der Waals surface area contributed by atoms with Gasteiger partial charge in [-0.2, -0.15) is 11.8 Å². The van der Waals surface area contributed by atoms with Gasteiger partial charge in [-0.15, -0.1) is 0 Å². The molecule has 0 amide bonds. The third-order valence-electron chi connectivity index (χ3n) is 6.15. The normalized spacial score (nSPS) is 42.9. The molecule has 0 radical (unpaired) electrons. The van der Waals surface area contributed by atoms with E-state index in [2.05, 4.69) is 32.5 Å². The second kappa shape index (κ2) is 5.72. The summed E-state index contributed by atoms with van der Waals surface area (Å²) in [5, 5.41) is 0. The van der Waals surface area contributed by atoms with E-state index in [0.717, 1.165) is 12.5 Å². The van der Waals surface area contributed by atoms with Crippen LogP contribution in [-0.4, -0.2) is 29.3 Å². The second-order valence-corrected chi connectivity index (χ2v) is 10.1. The van der Waals surface area contributed by atoms with Crippen molar-refractivity contribution in [1.82, 2.24) is 0 Å². The summed E-state index contributed by atoms with van der Waals surface area (Å²) in [5.41, 5.74) is 7.65. The molecule has 1 spiro atoms. The van der Waals surface area contributed by atoms with Crippen LogP contribution in [0.4, 0.5) is 0 Å². The van der Waals surface area contributed by atoms with Crippen LogP contribution in [0.1, 0.15) is 65.7 Å². The van der Waals surface area contributed by atoms with Crippen molar-refractivity contribution >= 4 is 11.8 Å². The lowest BCUT2D eigenvalue weighted by molar-refractivity contribution is -0.122. The summed E-state index contributed by atoms with van der Waals surface area (Å²) in [7, 11) is 0. The van der Waals surface area contributed by atoms with Crippen LogP contribution in [0.5, 0.6) is 0 Å². The Hall–Kier alpha value is 0.270. The van der Waals surface area contributed by atoms with Gasteiger partial charge in [0.2, 0.25) is 0 Å². The molecule has 0 bridgehead atoms. The quantitative estimate of drug-likeness (QED) is 0.787. The van der Waals surface area contributed by atoms with Gasteiger partial charge in [0.15, 0.2) is 0 Å². The Labute approximate surface area is 135 Å². The molecule has 0 aromatic heterocycles. The predicted molar refractivity (Wildman–Crippen MR) is 91.7 cm³/mol. The third kappa shape index (κ3) is 3.45. The van der Waals surface area contributed by atoms with Gasteiger partial charge in [-0.3, -0.25) is 0 Å². The highest BCUT2D eigenvalue weighted by molar-refractivity contribution is 7.99. The Morgan fingerprint density at radius 1 is 1.10 bits per heavy atom. The Balaban J connectivity index is 1.75. The van der Waals surface area contributed by atoms with Crippen molar-refractivity contribution in [2.45, 2.75) is 76.9 Å². The van der Waals surface area contributed by atoms with Crippen molar-refractivity contribution in [2.24, 2.45) is 23.0 Å². The first kappa shape index (κ1) is 16.1. The van der Waals surface area contributed by atoms with Gasteiger partial charge in [-0.05, 0) is 73.7 Å². The second-order valence-electron chi connectivity index (χ2n) is 8.92. The van der Waals surface area contributed by atoms with Crippen molar-refractivity contribution in [3.63, 3.8) is 0 Å². The number of thioether (sulfide) groups is 1. The zero-order chi connectivity index (χ0) is 15.1. The van der Waals surface area contributed by atoms with Crippen molar-refractivity contribution < 1.29 is 4.74 Å². The molecule has 3 fully saturated rings. The topological polar surface area (TPSA) is 35.2 Å². The maximum atomic E-state index is 7.03. The summed E-state index contributed by atoms with van der Waals surface area (Å²) in [6, 6.07) is 0. The minimum absolute atomic E-state index is 0.0442. The van der Waals surface area contributed by atoms with E-state index in [-0.39, 0.29) is 11.1 Å². The summed E-state index contributed by atoms with van der Waals surface area (Å²) in [4.78, 5) is 0. The molecule has 2 heterocycles. The average Bonchev–Trinajstić information content (AvgIpc) is 2.37. The highest BCUT2D eigenvalue weighted by atomic mass is 32.2. The maximum Gasteiger partial charge on any atom is 0.0701 e. The molecule has 2 aliphatic heterocycles. The molecule has 3 aliphatic rings. The van der Waals surface area contributed by atoms with Gasteiger partial charge in [0, 0.05) is 12.1 Å². The lowest BCUT2D eigenvalue weighted by atomic mass is 9.58. The zero-order valence-electron chi connectivity index (χ0n) is 14.1. The van der Waals surface area contributed by atoms with Crippen LogP contribution in [0.2, 0.25) is 0 Å². The molecule has 2 saturated heterocycles. The first-order chi connectivity index (χ1) is 9.83. The van der Waals surface area contributed by atoms with Gasteiger partial charge in [-0.1, -0.05) is 20.8 Å². The Bertz CT molecular complexity index is 372. The fourth-order valence-electron chi connectivity index (χ4n) is 5.62. The Morgan fingerprint density at radius 3 is 2.48 bits per heavy atom. The molecule has 122 valence electrons. The molecule has 21 heavy (non-hydrogen) atoms. The molecular weight excluding hydrogens is 278 g/mol. The standard InChI is InChI=1S/C18H33NOS/c1-14-10-16(2,3)13-18(19,11-14)15-4-7-20-17(12-15)5-8-21-9-6-17/h14-15H,4-13,19H2,1-3H3. The molecule has 1 saturated carbocycles. The van der Waals surface area contributed by atoms with Crippen LogP contribution in [0, 0.1) is 17.3 Å². The van der Waals surface area contributed by atoms with Crippen LogP contribution in [-0.2, 0) is 4.74 Å². The van der Waals surface area contributed by atoms with Crippen LogP contribution >= 0.6 is 11.8 Å². The number of rotatable bonds is 1. The van der Waals surface area contributed by atoms with E-state index in [1.165, 1.54) is 56.5 Å². The molecule has 2 N–H and O–H groups in total. The Morgan fingerprint density at radius 2 is 1.81 bits per heavy atom. The maximum absolute atomic E-state index is 7.03. The molecular formula is C18H33NOS. The summed E-state index contributed by atoms with van der Waals surface area (Å²) in [5.74, 6) is 3.97. The fraction of sp³-hybridized carbons (Fsp3) is 1.00. The largest absolute Gasteiger partial charge is 0.375 e. The number of hydrogen-bond donors (Lipinski definition) is 1. The van der Waals surface area contributed by atoms with Crippen LogP contribution < -0.4 is 5.73 Å². The van der Waals surface area contributed by atoms with Gasteiger partial charge in [0.05, 0.1) is 5.60 Å². The van der Waals surface area contributed by atoms with E-state index in [4.69, 9.17) is 10.5 Å². The van der Waals surface area contributed by atoms with E-state index in [9.17, 15) is 0 Å². The van der Waals surface area contributed by atoms with Crippen LogP contribution in [0.15, 0.2) is 0 Å². The monoisotopic (exact) mass is 311 g/mol. The predicted octanol–water partition coefficient (Wildman–Crippen LogP) is 4.22. The highest BCUT2D eigenvalue weighted by Crippen LogP contribution is 2.51. The van der Waals surface area contributed by atoms with Gasteiger partial charge < -0.3 is 10.5 Å². The lowest BCUT2D eigenvalue weighted by Gasteiger charge is -2.54. The molecule has 1 aliphatic carbocycles. The number of nitrogens with two attached hydrogens (primary N) is 1. The minimum atomic E-state index is 0.0442. The smallest absolute Gasteiger partial charge is 0.0701 e. The van der Waals surface area contributed by atoms with Gasteiger partial charge in [0.25, 0.3) is 0 Å². The van der Waals surface area contributed by atoms with Crippen molar-refractivity contribution in [3.8, 4) is 0 Å². The summed E-state index contributed by atoms with van der Waals surface area (Å²) in [6.45, 7) is 8.16. The first-order valence-corrected chi connectivity index (χ1v) is 9.99. The van der Waals surface area contributed by atoms with Crippen molar-refractivity contribution in [2.75, 3.05) is 18.1 Å². The number of hydrogen-bond acceptors (Lipinski definition) is 3. The lowest BCUT2D eigenvalue weighted by Crippen LogP contribution is -2.58. The van der Waals surface area contributed by atoms with Gasteiger partial charge >= 0.3 is 0 Å². The van der Waals surface area contributed by atoms with Gasteiger partial charge in [0.1, 0.15) is 0 Å². The fourth-order valence-corrected chi connectivity index (χ4v) is 6.86. The molecule has 3 atom stereocenters. The SMILES string of the molecule is CC1CC(C)(C)CC(N)(C2CCOC3(CCSCC3)C2)C1. The molecule has 2 nitrogen and oxygen atoms in total. The summed E-state index contributed by atoms with van der Waals surface area (Å²) >= 11 is 2.09. The van der Waals surface area contributed by atoms with E-state index in [0.29, 0.717) is 11.3 Å². The third-order valence-corrected chi connectivity index (χ3v) is 7.13. The average molecular weight is 312 g/mol. The van der Waals surface area contributed by atoms with E-state index >= 15 is 0 Å². The van der Waals surface area contributed by atoms with E-state index in [1.54, 1.807) is 0 Å². The number of ether oxygens (including phenoxy) is 1. The van der Waals surface area contributed by atoms with Crippen LogP contribution in [0.3, 0.4) is 0 Å². The molecule has 0 aromatic carbocycles. The molecule has 3 heteroatoms. The highest BCUT2D eigenvalue weighted by Gasteiger charge is 2.49. The zero-order valence-corrected chi connectivity index (χ0v) is 14.9. The summed E-state index contributed by atoms with van der Waals surface area (Å²) in [6.07, 6.45) is 8.61. The van der Waals surface area contributed by atoms with E-state index in [1.807, 2.05) is 0 Å². The van der Waals surface area contributed by atoms with Crippen LogP contribution in [0.25, 0.3) is 0 Å².